The highest BCUT2D eigenvalue weighted by Gasteiger charge is 2.19. The lowest BCUT2D eigenvalue weighted by Gasteiger charge is -2.32. The molecule has 2 N–H and O–H groups in total. The molecule has 0 bridgehead atoms. The van der Waals surface area contributed by atoms with Crippen LogP contribution in [0.3, 0.4) is 0 Å². The molecule has 0 aliphatic rings. The fourth-order valence-corrected chi connectivity index (χ4v) is 2.90. The van der Waals surface area contributed by atoms with Crippen molar-refractivity contribution in [3.8, 4) is 0 Å². The van der Waals surface area contributed by atoms with Gasteiger partial charge in [-0.1, -0.05) is 25.2 Å². The number of halogens is 1. The number of thiocarbonyl (C=S) groups is 1. The van der Waals surface area contributed by atoms with Crippen LogP contribution in [0.15, 0.2) is 22.7 Å². The summed E-state index contributed by atoms with van der Waals surface area (Å²) in [7, 11) is 1.71. The van der Waals surface area contributed by atoms with Crippen molar-refractivity contribution in [3.05, 3.63) is 28.2 Å². The van der Waals surface area contributed by atoms with Gasteiger partial charge >= 0.3 is 0 Å². The van der Waals surface area contributed by atoms with Crippen LogP contribution in [0.4, 0.5) is 5.69 Å². The monoisotopic (exact) mass is 344 g/mol. The predicted molar refractivity (Wildman–Crippen MR) is 89.0 cm³/mol. The van der Waals surface area contributed by atoms with Gasteiger partial charge in [0.15, 0.2) is 0 Å². The van der Waals surface area contributed by atoms with E-state index < -0.39 is 0 Å². The Morgan fingerprint density at radius 3 is 2.74 bits per heavy atom. The number of nitrogens with zero attached hydrogens (tertiary/aromatic N) is 1. The van der Waals surface area contributed by atoms with Gasteiger partial charge in [0.1, 0.15) is 4.99 Å². The molecule has 1 aromatic rings. The van der Waals surface area contributed by atoms with Crippen LogP contribution in [0, 0.1) is 0 Å². The van der Waals surface area contributed by atoms with E-state index in [1.165, 1.54) is 0 Å². The molecule has 3 nitrogen and oxygen atoms in total. The molecule has 0 heterocycles. The molecule has 0 aliphatic carbocycles. The first-order valence-electron chi connectivity index (χ1n) is 6.36. The van der Waals surface area contributed by atoms with Gasteiger partial charge < -0.3 is 15.4 Å². The van der Waals surface area contributed by atoms with Crippen molar-refractivity contribution in [1.29, 1.82) is 0 Å². The number of anilines is 1. The third kappa shape index (κ3) is 4.16. The highest BCUT2D eigenvalue weighted by atomic mass is 79.9. The number of methoxy groups -OCH3 is 1. The van der Waals surface area contributed by atoms with Crippen LogP contribution in [-0.2, 0) is 4.74 Å². The van der Waals surface area contributed by atoms with Gasteiger partial charge in [-0.3, -0.25) is 0 Å². The van der Waals surface area contributed by atoms with Crippen molar-refractivity contribution in [3.63, 3.8) is 0 Å². The summed E-state index contributed by atoms with van der Waals surface area (Å²) >= 11 is 8.71. The van der Waals surface area contributed by atoms with Crippen molar-refractivity contribution in [2.45, 2.75) is 26.3 Å². The summed E-state index contributed by atoms with van der Waals surface area (Å²) in [6.07, 6.45) is 1.05. The molecule has 0 saturated heterocycles. The van der Waals surface area contributed by atoms with Crippen molar-refractivity contribution >= 4 is 38.8 Å². The van der Waals surface area contributed by atoms with Crippen molar-refractivity contribution < 1.29 is 4.74 Å². The van der Waals surface area contributed by atoms with Crippen LogP contribution in [0.25, 0.3) is 0 Å². The normalized spacial score (nSPS) is 12.2. The zero-order valence-corrected chi connectivity index (χ0v) is 14.1. The van der Waals surface area contributed by atoms with Crippen LogP contribution in [0.5, 0.6) is 0 Å². The van der Waals surface area contributed by atoms with Gasteiger partial charge in [0.25, 0.3) is 0 Å². The fraction of sp³-hybridized carbons (Fsp3) is 0.500. The van der Waals surface area contributed by atoms with Gasteiger partial charge in [-0.25, -0.2) is 0 Å². The maximum Gasteiger partial charge on any atom is 0.107 e. The third-order valence-corrected chi connectivity index (χ3v) is 4.07. The molecule has 19 heavy (non-hydrogen) atoms. The smallest absolute Gasteiger partial charge is 0.107 e. The average molecular weight is 345 g/mol. The summed E-state index contributed by atoms with van der Waals surface area (Å²) in [5, 5.41) is 0. The highest BCUT2D eigenvalue weighted by molar-refractivity contribution is 9.10. The maximum atomic E-state index is 5.87. The lowest BCUT2D eigenvalue weighted by atomic mass is 10.1. The summed E-state index contributed by atoms with van der Waals surface area (Å²) in [5.41, 5.74) is 7.83. The number of rotatable bonds is 7. The van der Waals surface area contributed by atoms with E-state index in [0.29, 0.717) is 17.6 Å². The van der Waals surface area contributed by atoms with E-state index in [-0.39, 0.29) is 0 Å². The second-order valence-corrected chi connectivity index (χ2v) is 5.74. The minimum Gasteiger partial charge on any atom is -0.389 e. The number of ether oxygens (including phenoxy) is 1. The van der Waals surface area contributed by atoms with E-state index in [1.807, 2.05) is 12.1 Å². The molecular weight excluding hydrogens is 324 g/mol. The summed E-state index contributed by atoms with van der Waals surface area (Å²) in [6.45, 7) is 5.86. The molecular formula is C14H21BrN2OS. The molecule has 0 saturated carbocycles. The lowest BCUT2D eigenvalue weighted by Crippen LogP contribution is -2.37. The van der Waals surface area contributed by atoms with E-state index in [0.717, 1.165) is 28.7 Å². The molecule has 1 unspecified atom stereocenters. The summed E-state index contributed by atoms with van der Waals surface area (Å²) < 4.78 is 6.14. The highest BCUT2D eigenvalue weighted by Crippen LogP contribution is 2.29. The SMILES string of the molecule is CCC(C)N(CCOC)c1cccc(Br)c1C(N)=S. The number of hydrogen-bond donors (Lipinski definition) is 1. The molecule has 0 radical (unpaired) electrons. The molecule has 0 spiro atoms. The summed E-state index contributed by atoms with van der Waals surface area (Å²) in [5.74, 6) is 0. The Labute approximate surface area is 129 Å². The van der Waals surface area contributed by atoms with E-state index >= 15 is 0 Å². The molecule has 1 atom stereocenters. The van der Waals surface area contributed by atoms with E-state index in [2.05, 4.69) is 40.7 Å². The van der Waals surface area contributed by atoms with Crippen LogP contribution >= 0.6 is 28.1 Å². The van der Waals surface area contributed by atoms with Crippen molar-refractivity contribution in [2.24, 2.45) is 5.73 Å². The lowest BCUT2D eigenvalue weighted by molar-refractivity contribution is 0.203. The van der Waals surface area contributed by atoms with Crippen LogP contribution in [0.2, 0.25) is 0 Å². The minimum atomic E-state index is 0.401. The zero-order chi connectivity index (χ0) is 14.4. The maximum absolute atomic E-state index is 5.87. The van der Waals surface area contributed by atoms with Gasteiger partial charge in [0.2, 0.25) is 0 Å². The fourth-order valence-electron chi connectivity index (χ4n) is 1.98. The first-order chi connectivity index (χ1) is 9.02. The van der Waals surface area contributed by atoms with Gasteiger partial charge in [0, 0.05) is 35.4 Å². The van der Waals surface area contributed by atoms with Crippen LogP contribution < -0.4 is 10.6 Å². The quantitative estimate of drug-likeness (QED) is 0.770. The Morgan fingerprint density at radius 1 is 1.53 bits per heavy atom. The van der Waals surface area contributed by atoms with Gasteiger partial charge in [0.05, 0.1) is 6.61 Å². The Hall–Kier alpha value is -0.650. The molecule has 1 aromatic carbocycles. The standard InChI is InChI=1S/C14H21BrN2OS/c1-4-10(2)17(8-9-18-3)12-7-5-6-11(15)13(12)14(16)19/h5-7,10H,4,8-9H2,1-3H3,(H2,16,19). The first-order valence-corrected chi connectivity index (χ1v) is 7.56. The van der Waals surface area contributed by atoms with E-state index in [9.17, 15) is 0 Å². The Morgan fingerprint density at radius 2 is 2.21 bits per heavy atom. The third-order valence-electron chi connectivity index (χ3n) is 3.21. The summed E-state index contributed by atoms with van der Waals surface area (Å²) in [4.78, 5) is 2.70. The Kier molecular flexibility index (Phi) is 6.75. The second-order valence-electron chi connectivity index (χ2n) is 4.44. The van der Waals surface area contributed by atoms with E-state index in [1.54, 1.807) is 7.11 Å². The Balaban J connectivity index is 3.21. The largest absolute Gasteiger partial charge is 0.389 e. The zero-order valence-electron chi connectivity index (χ0n) is 11.6. The second kappa shape index (κ2) is 7.82. The first kappa shape index (κ1) is 16.4. The number of hydrogen-bond acceptors (Lipinski definition) is 3. The average Bonchev–Trinajstić information content (AvgIpc) is 2.38. The minimum absolute atomic E-state index is 0.401. The molecule has 0 aromatic heterocycles. The van der Waals surface area contributed by atoms with Gasteiger partial charge in [-0.15, -0.1) is 0 Å². The van der Waals surface area contributed by atoms with Crippen LogP contribution in [0.1, 0.15) is 25.8 Å². The predicted octanol–water partition coefficient (Wildman–Crippen LogP) is 3.33. The van der Waals surface area contributed by atoms with Crippen molar-refractivity contribution in [2.75, 3.05) is 25.2 Å². The van der Waals surface area contributed by atoms with E-state index in [4.69, 9.17) is 22.7 Å². The Bertz CT molecular complexity index is 439. The topological polar surface area (TPSA) is 38.5 Å². The number of benzene rings is 1. The molecule has 106 valence electrons. The summed E-state index contributed by atoms with van der Waals surface area (Å²) in [6, 6.07) is 6.42. The molecule has 0 amide bonds. The molecule has 0 fully saturated rings. The van der Waals surface area contributed by atoms with Crippen molar-refractivity contribution in [1.82, 2.24) is 0 Å². The molecule has 5 heteroatoms. The van der Waals surface area contributed by atoms with Gasteiger partial charge in [-0.05, 0) is 41.4 Å². The van der Waals surface area contributed by atoms with Gasteiger partial charge in [-0.2, -0.15) is 0 Å². The van der Waals surface area contributed by atoms with Crippen LogP contribution in [-0.4, -0.2) is 31.3 Å². The molecule has 1 rings (SSSR count). The number of nitrogens with two attached hydrogens (primary N) is 1. The molecule has 0 aliphatic heterocycles.